The second kappa shape index (κ2) is 10.5. The SMILES string of the molecule is CCC1(C)c2ccc([P+](c3ccccc3)(c3ccccc3)c3ccccc3)cc2-c2cccc[n+]2C1(CC)CC. The van der Waals surface area contributed by atoms with Gasteiger partial charge in [-0.25, -0.2) is 0 Å². The first-order chi connectivity index (χ1) is 19.6. The molecule has 4 aromatic carbocycles. The van der Waals surface area contributed by atoms with Gasteiger partial charge in [0.25, 0.3) is 0 Å². The molecule has 1 unspecified atom stereocenters. The summed E-state index contributed by atoms with van der Waals surface area (Å²) in [5, 5.41) is 5.57. The summed E-state index contributed by atoms with van der Waals surface area (Å²) in [6, 6.07) is 47.9. The molecule has 0 spiro atoms. The highest BCUT2D eigenvalue weighted by Gasteiger charge is 2.59. The number of aromatic nitrogens is 1. The summed E-state index contributed by atoms with van der Waals surface area (Å²) in [5.74, 6) is 0. The van der Waals surface area contributed by atoms with Gasteiger partial charge in [-0.1, -0.05) is 81.4 Å². The van der Waals surface area contributed by atoms with E-state index in [1.54, 1.807) is 0 Å². The monoisotopic (exact) mass is 541 g/mol. The fourth-order valence-corrected chi connectivity index (χ4v) is 12.0. The van der Waals surface area contributed by atoms with Gasteiger partial charge in [-0.15, -0.1) is 0 Å². The lowest BCUT2D eigenvalue weighted by Crippen LogP contribution is -2.68. The molecule has 5 aromatic rings. The van der Waals surface area contributed by atoms with E-state index in [0.29, 0.717) is 0 Å². The van der Waals surface area contributed by atoms with Crippen LogP contribution >= 0.6 is 7.26 Å². The van der Waals surface area contributed by atoms with Crippen LogP contribution in [0.15, 0.2) is 134 Å². The van der Waals surface area contributed by atoms with Crippen LogP contribution in [0.25, 0.3) is 11.3 Å². The Morgan fingerprint density at radius 3 is 1.52 bits per heavy atom. The minimum Gasteiger partial charge on any atom is -0.192 e. The number of fused-ring (bicyclic) bond motifs is 3. The zero-order valence-corrected chi connectivity index (χ0v) is 25.1. The van der Waals surface area contributed by atoms with Crippen molar-refractivity contribution >= 4 is 28.5 Å². The van der Waals surface area contributed by atoms with Crippen molar-refractivity contribution < 1.29 is 4.57 Å². The summed E-state index contributed by atoms with van der Waals surface area (Å²) in [4.78, 5) is 0. The molecular weight excluding hydrogens is 501 g/mol. The zero-order chi connectivity index (χ0) is 27.8. The maximum atomic E-state index is 2.62. The molecule has 40 heavy (non-hydrogen) atoms. The largest absolute Gasteiger partial charge is 0.213 e. The van der Waals surface area contributed by atoms with E-state index < -0.39 is 7.26 Å². The molecule has 0 saturated heterocycles. The Labute approximate surface area is 240 Å². The highest BCUT2D eigenvalue weighted by Crippen LogP contribution is 2.56. The molecule has 0 bridgehead atoms. The third kappa shape index (κ3) is 3.68. The lowest BCUT2D eigenvalue weighted by atomic mass is 9.59. The first-order valence-electron chi connectivity index (χ1n) is 14.8. The number of benzene rings is 4. The number of rotatable bonds is 7. The smallest absolute Gasteiger partial charge is 0.192 e. The second-order valence-electron chi connectivity index (χ2n) is 11.3. The third-order valence-corrected chi connectivity index (χ3v) is 14.2. The van der Waals surface area contributed by atoms with Crippen LogP contribution in [0.5, 0.6) is 0 Å². The summed E-state index contributed by atoms with van der Waals surface area (Å²) in [5.41, 5.74) is 4.27. The molecule has 2 heterocycles. The van der Waals surface area contributed by atoms with Crippen LogP contribution in [-0.2, 0) is 11.0 Å². The topological polar surface area (TPSA) is 3.88 Å². The van der Waals surface area contributed by atoms with Crippen molar-refractivity contribution in [2.75, 3.05) is 0 Å². The molecule has 1 nitrogen and oxygen atoms in total. The molecule has 6 rings (SSSR count). The summed E-state index contributed by atoms with van der Waals surface area (Å²) in [7, 11) is -2.17. The maximum absolute atomic E-state index is 2.62. The zero-order valence-electron chi connectivity index (χ0n) is 24.2. The fraction of sp³-hybridized carbons (Fsp3) is 0.237. The van der Waals surface area contributed by atoms with E-state index in [9.17, 15) is 0 Å². The van der Waals surface area contributed by atoms with Gasteiger partial charge in [-0.2, -0.15) is 4.57 Å². The summed E-state index contributed by atoms with van der Waals surface area (Å²) >= 11 is 0. The van der Waals surface area contributed by atoms with Crippen molar-refractivity contribution in [2.24, 2.45) is 0 Å². The Hall–Kier alpha value is -3.54. The molecular formula is C38H40NP+2. The van der Waals surface area contributed by atoms with Crippen molar-refractivity contribution in [3.8, 4) is 11.3 Å². The first kappa shape index (κ1) is 26.7. The van der Waals surface area contributed by atoms with Gasteiger partial charge < -0.3 is 0 Å². The molecule has 1 aliphatic rings. The summed E-state index contributed by atoms with van der Waals surface area (Å²) in [6.07, 6.45) is 5.63. The van der Waals surface area contributed by atoms with E-state index >= 15 is 0 Å². The Balaban J connectivity index is 1.73. The number of hydrogen-bond acceptors (Lipinski definition) is 0. The quantitative estimate of drug-likeness (QED) is 0.149. The van der Waals surface area contributed by atoms with E-state index in [-0.39, 0.29) is 11.0 Å². The van der Waals surface area contributed by atoms with E-state index in [4.69, 9.17) is 0 Å². The molecule has 0 aliphatic carbocycles. The Morgan fingerprint density at radius 1 is 0.550 bits per heavy atom. The fourth-order valence-electron chi connectivity index (χ4n) is 7.73. The highest BCUT2D eigenvalue weighted by atomic mass is 31.2. The van der Waals surface area contributed by atoms with Crippen molar-refractivity contribution in [3.63, 3.8) is 0 Å². The normalized spacial score (nSPS) is 17.6. The molecule has 0 amide bonds. The molecule has 0 radical (unpaired) electrons. The average molecular weight is 542 g/mol. The number of hydrogen-bond donors (Lipinski definition) is 0. The Bertz CT molecular complexity index is 1510. The summed E-state index contributed by atoms with van der Waals surface area (Å²) in [6.45, 7) is 9.63. The van der Waals surface area contributed by atoms with Crippen LogP contribution in [-0.4, -0.2) is 0 Å². The molecule has 0 N–H and O–H groups in total. The molecule has 2 heteroatoms. The standard InChI is InChI=1S/C38H40NP/c1-5-37(4)35-27-26-33(29-34(35)36-25-17-18-28-39(36)38(37,6-2)7-3)40(30-19-11-8-12-20-30,31-21-13-9-14-22-31)32-23-15-10-16-24-32/h8-29H,5-7H2,1-4H3/q+2. The van der Waals surface area contributed by atoms with Crippen LogP contribution in [0.2, 0.25) is 0 Å². The lowest BCUT2D eigenvalue weighted by Gasteiger charge is -2.47. The Morgan fingerprint density at radius 2 is 1.05 bits per heavy atom. The van der Waals surface area contributed by atoms with Crippen LogP contribution in [0.1, 0.15) is 52.5 Å². The van der Waals surface area contributed by atoms with Crippen LogP contribution in [0.4, 0.5) is 0 Å². The van der Waals surface area contributed by atoms with Crippen LogP contribution in [0, 0.1) is 0 Å². The van der Waals surface area contributed by atoms with Crippen molar-refractivity contribution in [2.45, 2.75) is 57.9 Å². The van der Waals surface area contributed by atoms with Gasteiger partial charge >= 0.3 is 0 Å². The minimum absolute atomic E-state index is 0.0245. The molecule has 1 aliphatic heterocycles. The van der Waals surface area contributed by atoms with Gasteiger partial charge in [0.2, 0.25) is 5.69 Å². The van der Waals surface area contributed by atoms with Crippen molar-refractivity contribution in [1.82, 2.24) is 0 Å². The Kier molecular flexibility index (Phi) is 6.97. The van der Waals surface area contributed by atoms with E-state index in [2.05, 4.69) is 166 Å². The third-order valence-electron chi connectivity index (χ3n) is 9.92. The molecule has 1 atom stereocenters. The average Bonchev–Trinajstić information content (AvgIpc) is 3.03. The first-order valence-corrected chi connectivity index (χ1v) is 16.6. The van der Waals surface area contributed by atoms with E-state index in [1.165, 1.54) is 38.0 Å². The molecule has 0 saturated carbocycles. The van der Waals surface area contributed by atoms with Crippen molar-refractivity contribution in [1.29, 1.82) is 0 Å². The van der Waals surface area contributed by atoms with Gasteiger partial charge in [0.05, 0.1) is 11.0 Å². The molecule has 0 fully saturated rings. The lowest BCUT2D eigenvalue weighted by molar-refractivity contribution is -0.769. The molecule has 200 valence electrons. The van der Waals surface area contributed by atoms with E-state index in [0.717, 1.165) is 19.3 Å². The van der Waals surface area contributed by atoms with Gasteiger partial charge in [-0.05, 0) is 73.5 Å². The number of nitrogens with zero attached hydrogens (tertiary/aromatic N) is 1. The van der Waals surface area contributed by atoms with Gasteiger partial charge in [0.1, 0.15) is 28.5 Å². The molecule has 1 aromatic heterocycles. The van der Waals surface area contributed by atoms with Gasteiger partial charge in [-0.3, -0.25) is 0 Å². The van der Waals surface area contributed by atoms with Crippen LogP contribution in [0.3, 0.4) is 0 Å². The van der Waals surface area contributed by atoms with E-state index in [1.807, 2.05) is 0 Å². The predicted octanol–water partition coefficient (Wildman–Crippen LogP) is 7.46. The van der Waals surface area contributed by atoms with Gasteiger partial charge in [0, 0.05) is 25.0 Å². The second-order valence-corrected chi connectivity index (χ2v) is 14.7. The number of pyridine rings is 1. The summed E-state index contributed by atoms with van der Waals surface area (Å²) < 4.78 is 2.62. The van der Waals surface area contributed by atoms with Gasteiger partial charge in [0.15, 0.2) is 11.7 Å². The predicted molar refractivity (Wildman–Crippen MR) is 173 cm³/mol. The minimum atomic E-state index is -2.17. The van der Waals surface area contributed by atoms with Crippen molar-refractivity contribution in [3.05, 3.63) is 139 Å². The van der Waals surface area contributed by atoms with Crippen LogP contribution < -0.4 is 25.8 Å². The highest BCUT2D eigenvalue weighted by molar-refractivity contribution is 8.01. The maximum Gasteiger partial charge on any atom is 0.213 e.